The molecule has 6 heteroatoms. The molecule has 6 nitrogen and oxygen atoms in total. The maximum atomic E-state index is 12.5. The van der Waals surface area contributed by atoms with Gasteiger partial charge in [0.25, 0.3) is 5.91 Å². The van der Waals surface area contributed by atoms with Crippen molar-refractivity contribution in [2.24, 2.45) is 0 Å². The molecule has 2 N–H and O–H groups in total. The molecule has 1 amide bonds. The molecule has 0 aliphatic rings. The SMILES string of the molecule is COc1ccc(C)cc1NC(=O)c1cnc(NC(C)c2ccccc2)nc1. The van der Waals surface area contributed by atoms with Crippen molar-refractivity contribution in [2.45, 2.75) is 19.9 Å². The molecule has 0 saturated heterocycles. The molecule has 138 valence electrons. The van der Waals surface area contributed by atoms with Crippen LogP contribution in [0.3, 0.4) is 0 Å². The van der Waals surface area contributed by atoms with Crippen molar-refractivity contribution in [3.8, 4) is 5.75 Å². The Morgan fingerprint density at radius 2 is 1.78 bits per heavy atom. The number of amides is 1. The lowest BCUT2D eigenvalue weighted by Gasteiger charge is -2.14. The normalized spacial score (nSPS) is 11.5. The van der Waals surface area contributed by atoms with Gasteiger partial charge in [0.2, 0.25) is 5.95 Å². The van der Waals surface area contributed by atoms with Gasteiger partial charge < -0.3 is 15.4 Å². The molecule has 1 heterocycles. The first kappa shape index (κ1) is 18.4. The van der Waals surface area contributed by atoms with Crippen LogP contribution >= 0.6 is 0 Å². The second-order valence-electron chi connectivity index (χ2n) is 6.23. The Bertz CT molecular complexity index is 911. The number of anilines is 2. The highest BCUT2D eigenvalue weighted by Gasteiger charge is 2.12. The predicted octanol–water partition coefficient (Wildman–Crippen LogP) is 4.22. The Morgan fingerprint density at radius 1 is 1.07 bits per heavy atom. The van der Waals surface area contributed by atoms with Gasteiger partial charge in [-0.15, -0.1) is 0 Å². The van der Waals surface area contributed by atoms with Crippen molar-refractivity contribution in [3.05, 3.63) is 77.6 Å². The standard InChI is InChI=1S/C21H22N4O2/c1-14-9-10-19(27-3)18(11-14)25-20(26)17-12-22-21(23-13-17)24-15(2)16-7-5-4-6-8-16/h4-13,15H,1-3H3,(H,25,26)(H,22,23,24). The van der Waals surface area contributed by atoms with Crippen LogP contribution in [0.1, 0.15) is 34.5 Å². The van der Waals surface area contributed by atoms with E-state index in [9.17, 15) is 4.79 Å². The van der Waals surface area contributed by atoms with Crippen LogP contribution < -0.4 is 15.4 Å². The highest BCUT2D eigenvalue weighted by molar-refractivity contribution is 6.04. The second-order valence-corrected chi connectivity index (χ2v) is 6.23. The van der Waals surface area contributed by atoms with Crippen molar-refractivity contribution in [1.82, 2.24) is 9.97 Å². The van der Waals surface area contributed by atoms with Crippen LogP contribution in [0.4, 0.5) is 11.6 Å². The highest BCUT2D eigenvalue weighted by Crippen LogP contribution is 2.25. The number of methoxy groups -OCH3 is 1. The zero-order valence-corrected chi connectivity index (χ0v) is 15.6. The van der Waals surface area contributed by atoms with Gasteiger partial charge in [0.1, 0.15) is 5.75 Å². The Hall–Kier alpha value is -3.41. The van der Waals surface area contributed by atoms with Crippen molar-refractivity contribution >= 4 is 17.5 Å². The minimum Gasteiger partial charge on any atom is -0.495 e. The number of aryl methyl sites for hydroxylation is 1. The minimum absolute atomic E-state index is 0.0578. The van der Waals surface area contributed by atoms with E-state index in [4.69, 9.17) is 4.74 Å². The van der Waals surface area contributed by atoms with Gasteiger partial charge in [-0.1, -0.05) is 36.4 Å². The van der Waals surface area contributed by atoms with Gasteiger partial charge in [0, 0.05) is 12.4 Å². The summed E-state index contributed by atoms with van der Waals surface area (Å²) < 4.78 is 5.29. The van der Waals surface area contributed by atoms with E-state index in [1.54, 1.807) is 7.11 Å². The summed E-state index contributed by atoms with van der Waals surface area (Å²) in [4.78, 5) is 21.0. The van der Waals surface area contributed by atoms with Crippen LogP contribution in [-0.2, 0) is 0 Å². The number of rotatable bonds is 6. The summed E-state index contributed by atoms with van der Waals surface area (Å²) >= 11 is 0. The number of nitrogens with zero attached hydrogens (tertiary/aromatic N) is 2. The lowest BCUT2D eigenvalue weighted by molar-refractivity contribution is 0.102. The Labute approximate surface area is 158 Å². The zero-order valence-electron chi connectivity index (χ0n) is 15.6. The topological polar surface area (TPSA) is 76.1 Å². The third-order valence-electron chi connectivity index (χ3n) is 4.16. The maximum Gasteiger partial charge on any atom is 0.258 e. The number of carbonyl (C=O) groups is 1. The van der Waals surface area contributed by atoms with E-state index in [1.165, 1.54) is 12.4 Å². The number of nitrogens with one attached hydrogen (secondary N) is 2. The summed E-state index contributed by atoms with van der Waals surface area (Å²) in [5.74, 6) is 0.780. The molecule has 1 atom stereocenters. The molecular weight excluding hydrogens is 340 g/mol. The number of benzene rings is 2. The zero-order chi connectivity index (χ0) is 19.2. The van der Waals surface area contributed by atoms with E-state index < -0.39 is 0 Å². The Balaban J connectivity index is 1.68. The molecule has 0 aliphatic carbocycles. The largest absolute Gasteiger partial charge is 0.495 e. The summed E-state index contributed by atoms with van der Waals surface area (Å²) in [6.45, 7) is 3.98. The molecule has 1 aromatic heterocycles. The van der Waals surface area contributed by atoms with Crippen LogP contribution in [-0.4, -0.2) is 23.0 Å². The number of carbonyl (C=O) groups excluding carboxylic acids is 1. The van der Waals surface area contributed by atoms with Gasteiger partial charge in [-0.25, -0.2) is 9.97 Å². The summed E-state index contributed by atoms with van der Waals surface area (Å²) in [5.41, 5.74) is 3.14. The molecule has 0 radical (unpaired) electrons. The first-order valence-electron chi connectivity index (χ1n) is 8.66. The fourth-order valence-corrected chi connectivity index (χ4v) is 2.65. The summed E-state index contributed by atoms with van der Waals surface area (Å²) in [6.07, 6.45) is 3.01. The van der Waals surface area contributed by atoms with Crippen LogP contribution in [0.25, 0.3) is 0 Å². The Kier molecular flexibility index (Phi) is 5.66. The molecule has 3 rings (SSSR count). The molecular formula is C21H22N4O2. The van der Waals surface area contributed by atoms with Crippen molar-refractivity contribution < 1.29 is 9.53 Å². The molecule has 0 fully saturated rings. The van der Waals surface area contributed by atoms with Gasteiger partial charge in [-0.3, -0.25) is 4.79 Å². The van der Waals surface area contributed by atoms with Crippen molar-refractivity contribution in [3.63, 3.8) is 0 Å². The van der Waals surface area contributed by atoms with E-state index in [-0.39, 0.29) is 11.9 Å². The molecule has 3 aromatic rings. The van der Waals surface area contributed by atoms with Crippen LogP contribution in [0.2, 0.25) is 0 Å². The summed E-state index contributed by atoms with van der Waals surface area (Å²) in [5, 5.41) is 6.07. The fraction of sp³-hybridized carbons (Fsp3) is 0.190. The van der Waals surface area contributed by atoms with Crippen LogP contribution in [0.5, 0.6) is 5.75 Å². The van der Waals surface area contributed by atoms with Crippen LogP contribution in [0.15, 0.2) is 60.9 Å². The molecule has 2 aromatic carbocycles. The first-order valence-corrected chi connectivity index (χ1v) is 8.66. The fourth-order valence-electron chi connectivity index (χ4n) is 2.65. The lowest BCUT2D eigenvalue weighted by Crippen LogP contribution is -2.15. The monoisotopic (exact) mass is 362 g/mol. The van der Waals surface area contributed by atoms with Gasteiger partial charge in [0.05, 0.1) is 24.4 Å². The molecule has 27 heavy (non-hydrogen) atoms. The second kappa shape index (κ2) is 8.31. The average Bonchev–Trinajstić information content (AvgIpc) is 2.69. The summed E-state index contributed by atoms with van der Waals surface area (Å²) in [7, 11) is 1.57. The summed E-state index contributed by atoms with van der Waals surface area (Å²) in [6, 6.07) is 15.7. The third kappa shape index (κ3) is 4.61. The predicted molar refractivity (Wildman–Crippen MR) is 106 cm³/mol. The third-order valence-corrected chi connectivity index (χ3v) is 4.16. The number of hydrogen-bond acceptors (Lipinski definition) is 5. The first-order chi connectivity index (χ1) is 13.1. The average molecular weight is 362 g/mol. The van der Waals surface area contributed by atoms with Crippen molar-refractivity contribution in [1.29, 1.82) is 0 Å². The molecule has 1 unspecified atom stereocenters. The van der Waals surface area contributed by atoms with E-state index >= 15 is 0 Å². The van der Waals surface area contributed by atoms with E-state index in [2.05, 4.69) is 20.6 Å². The minimum atomic E-state index is -0.290. The van der Waals surface area contributed by atoms with E-state index in [0.717, 1.165) is 11.1 Å². The number of aromatic nitrogens is 2. The van der Waals surface area contributed by atoms with Gasteiger partial charge >= 0.3 is 0 Å². The Morgan fingerprint density at radius 3 is 2.44 bits per heavy atom. The maximum absolute atomic E-state index is 12.5. The number of ether oxygens (including phenoxy) is 1. The van der Waals surface area contributed by atoms with Gasteiger partial charge in [-0.2, -0.15) is 0 Å². The van der Waals surface area contributed by atoms with Gasteiger partial charge in [0.15, 0.2) is 0 Å². The molecule has 0 aliphatic heterocycles. The van der Waals surface area contributed by atoms with E-state index in [1.807, 2.05) is 62.4 Å². The molecule has 0 spiro atoms. The highest BCUT2D eigenvalue weighted by atomic mass is 16.5. The molecule has 0 saturated carbocycles. The number of hydrogen-bond donors (Lipinski definition) is 2. The van der Waals surface area contributed by atoms with Crippen LogP contribution in [0, 0.1) is 6.92 Å². The lowest BCUT2D eigenvalue weighted by atomic mass is 10.1. The molecule has 0 bridgehead atoms. The van der Waals surface area contributed by atoms with E-state index in [0.29, 0.717) is 22.9 Å². The van der Waals surface area contributed by atoms with Crippen molar-refractivity contribution in [2.75, 3.05) is 17.7 Å². The van der Waals surface area contributed by atoms with Gasteiger partial charge in [-0.05, 0) is 37.1 Å². The quantitative estimate of drug-likeness (QED) is 0.687. The smallest absolute Gasteiger partial charge is 0.258 e.